The molecule has 1 heterocycles. The number of carbonyl (C=O) groups is 3. The molecule has 3 fully saturated rings. The van der Waals surface area contributed by atoms with Gasteiger partial charge in [-0.2, -0.15) is 0 Å². The van der Waals surface area contributed by atoms with Gasteiger partial charge in [-0.25, -0.2) is 0 Å². The molecule has 4 rings (SSSR count). The van der Waals surface area contributed by atoms with Gasteiger partial charge < -0.3 is 5.32 Å². The van der Waals surface area contributed by atoms with Crippen molar-refractivity contribution in [2.45, 2.75) is 44.6 Å². The summed E-state index contributed by atoms with van der Waals surface area (Å²) < 4.78 is 0. The minimum Gasteiger partial charge on any atom is -0.352 e. The molecule has 0 spiro atoms. The maximum Gasteiger partial charge on any atom is 0.240 e. The Hall–Kier alpha value is -1.65. The van der Waals surface area contributed by atoms with Gasteiger partial charge in [-0.15, -0.1) is 0 Å². The van der Waals surface area contributed by atoms with Crippen molar-refractivity contribution in [3.05, 3.63) is 12.2 Å². The van der Waals surface area contributed by atoms with Crippen LogP contribution in [0.1, 0.15) is 38.5 Å². The molecule has 2 saturated carbocycles. The van der Waals surface area contributed by atoms with Crippen molar-refractivity contribution >= 4 is 17.7 Å². The normalized spacial score (nSPS) is 37.0. The molecule has 5 heteroatoms. The lowest BCUT2D eigenvalue weighted by Gasteiger charge is -2.24. The summed E-state index contributed by atoms with van der Waals surface area (Å²) in [6, 6.07) is 0.214. The summed E-state index contributed by atoms with van der Waals surface area (Å²) >= 11 is 0. The predicted molar refractivity (Wildman–Crippen MR) is 79.5 cm³/mol. The number of hydrogen-bond donors (Lipinski definition) is 1. The monoisotopic (exact) mass is 302 g/mol. The van der Waals surface area contributed by atoms with E-state index in [0.29, 0.717) is 0 Å². The van der Waals surface area contributed by atoms with Crippen molar-refractivity contribution in [3.8, 4) is 0 Å². The third-order valence-corrected chi connectivity index (χ3v) is 5.83. The number of allylic oxidation sites excluding steroid dienone is 2. The minimum absolute atomic E-state index is 0.0966. The van der Waals surface area contributed by atoms with Crippen LogP contribution in [-0.4, -0.2) is 35.2 Å². The zero-order chi connectivity index (χ0) is 15.3. The Kier molecular flexibility index (Phi) is 3.31. The van der Waals surface area contributed by atoms with E-state index < -0.39 is 0 Å². The molecule has 0 radical (unpaired) electrons. The van der Waals surface area contributed by atoms with Gasteiger partial charge in [0.2, 0.25) is 17.7 Å². The highest BCUT2D eigenvalue weighted by Crippen LogP contribution is 2.52. The lowest BCUT2D eigenvalue weighted by molar-refractivity contribution is -0.144. The van der Waals surface area contributed by atoms with Gasteiger partial charge in [0, 0.05) is 6.04 Å². The Balaban J connectivity index is 1.40. The van der Waals surface area contributed by atoms with E-state index in [2.05, 4.69) is 17.5 Å². The van der Waals surface area contributed by atoms with Gasteiger partial charge in [0.25, 0.3) is 0 Å². The van der Waals surface area contributed by atoms with Crippen LogP contribution in [0.3, 0.4) is 0 Å². The average Bonchev–Trinajstić information content (AvgIpc) is 3.18. The van der Waals surface area contributed by atoms with Gasteiger partial charge in [-0.3, -0.25) is 19.3 Å². The van der Waals surface area contributed by atoms with Crippen molar-refractivity contribution in [3.63, 3.8) is 0 Å². The van der Waals surface area contributed by atoms with Gasteiger partial charge in [0.1, 0.15) is 6.54 Å². The zero-order valence-electron chi connectivity index (χ0n) is 12.7. The molecule has 118 valence electrons. The summed E-state index contributed by atoms with van der Waals surface area (Å²) in [6.07, 6.45) is 10.6. The number of nitrogens with zero attached hydrogens (tertiary/aromatic N) is 1. The second kappa shape index (κ2) is 5.21. The van der Waals surface area contributed by atoms with Crippen LogP contribution >= 0.6 is 0 Å². The van der Waals surface area contributed by atoms with Crippen LogP contribution in [-0.2, 0) is 14.4 Å². The van der Waals surface area contributed by atoms with E-state index in [-0.39, 0.29) is 54.0 Å². The van der Waals surface area contributed by atoms with E-state index in [9.17, 15) is 14.4 Å². The Labute approximate surface area is 130 Å². The molecule has 0 unspecified atom stereocenters. The Morgan fingerprint density at radius 2 is 1.64 bits per heavy atom. The van der Waals surface area contributed by atoms with E-state index >= 15 is 0 Å². The van der Waals surface area contributed by atoms with Crippen molar-refractivity contribution in [1.82, 2.24) is 10.2 Å². The molecule has 1 saturated heterocycles. The van der Waals surface area contributed by atoms with Crippen LogP contribution < -0.4 is 5.32 Å². The fourth-order valence-electron chi connectivity index (χ4n) is 4.78. The lowest BCUT2D eigenvalue weighted by Crippen LogP contribution is -2.45. The molecular weight excluding hydrogens is 280 g/mol. The maximum absolute atomic E-state index is 12.5. The third-order valence-electron chi connectivity index (χ3n) is 5.83. The van der Waals surface area contributed by atoms with Crippen molar-refractivity contribution in [2.75, 3.05) is 6.54 Å². The average molecular weight is 302 g/mol. The molecule has 3 amide bonds. The summed E-state index contributed by atoms with van der Waals surface area (Å²) in [4.78, 5) is 38.4. The van der Waals surface area contributed by atoms with Gasteiger partial charge >= 0.3 is 0 Å². The highest BCUT2D eigenvalue weighted by atomic mass is 16.2. The highest BCUT2D eigenvalue weighted by Gasteiger charge is 2.59. The van der Waals surface area contributed by atoms with E-state index in [1.165, 1.54) is 11.3 Å². The van der Waals surface area contributed by atoms with E-state index in [4.69, 9.17) is 0 Å². The van der Waals surface area contributed by atoms with Crippen LogP contribution in [0.4, 0.5) is 0 Å². The van der Waals surface area contributed by atoms with E-state index in [1.807, 2.05) is 0 Å². The Morgan fingerprint density at radius 1 is 1.05 bits per heavy atom. The zero-order valence-corrected chi connectivity index (χ0v) is 12.7. The van der Waals surface area contributed by atoms with Gasteiger partial charge in [-0.1, -0.05) is 31.4 Å². The van der Waals surface area contributed by atoms with Crippen LogP contribution in [0.5, 0.6) is 0 Å². The van der Waals surface area contributed by atoms with Crippen molar-refractivity contribution in [1.29, 1.82) is 0 Å². The number of nitrogens with one attached hydrogen (secondary N) is 1. The van der Waals surface area contributed by atoms with Gasteiger partial charge in [0.05, 0.1) is 11.8 Å². The number of hydrogen-bond acceptors (Lipinski definition) is 3. The largest absolute Gasteiger partial charge is 0.352 e. The second-order valence-electron chi connectivity index (χ2n) is 7.16. The SMILES string of the molecule is O=C(CN1C(=O)[C@@H]2[C@@H](C1=O)[C@H]1C=C[C@H]2C1)NC1CCCCC1. The summed E-state index contributed by atoms with van der Waals surface area (Å²) in [5.41, 5.74) is 0. The summed E-state index contributed by atoms with van der Waals surface area (Å²) in [5.74, 6) is -0.448. The third kappa shape index (κ3) is 2.09. The minimum atomic E-state index is -0.204. The quantitative estimate of drug-likeness (QED) is 0.630. The lowest BCUT2D eigenvalue weighted by atomic mass is 9.85. The first-order chi connectivity index (χ1) is 10.6. The number of carbonyl (C=O) groups excluding carboxylic acids is 3. The standard InChI is InChI=1S/C17H22N2O3/c20-13(18-12-4-2-1-3-5-12)9-19-16(21)14-10-6-7-11(8-10)15(14)17(19)22/h6-7,10-12,14-15H,1-5,8-9H2,(H,18,20)/t10-,11-,14-,15-/m0/s1. The summed E-state index contributed by atoms with van der Waals surface area (Å²) in [7, 11) is 0. The molecule has 1 N–H and O–H groups in total. The molecule has 0 aromatic carbocycles. The molecular formula is C17H22N2O3. The molecule has 3 aliphatic carbocycles. The number of imide groups is 1. The van der Waals surface area contributed by atoms with Crippen molar-refractivity contribution in [2.24, 2.45) is 23.7 Å². The topological polar surface area (TPSA) is 66.5 Å². The van der Waals surface area contributed by atoms with Gasteiger partial charge in [-0.05, 0) is 31.1 Å². The molecule has 22 heavy (non-hydrogen) atoms. The summed E-state index contributed by atoms with van der Waals surface area (Å²) in [5, 5.41) is 2.99. The van der Waals surface area contributed by atoms with Crippen molar-refractivity contribution < 1.29 is 14.4 Å². The van der Waals surface area contributed by atoms with Gasteiger partial charge in [0.15, 0.2) is 0 Å². The number of rotatable bonds is 3. The maximum atomic E-state index is 12.5. The molecule has 1 aliphatic heterocycles. The Bertz CT molecular complexity index is 520. The van der Waals surface area contributed by atoms with Crippen LogP contribution in [0.15, 0.2) is 12.2 Å². The van der Waals surface area contributed by atoms with Crippen LogP contribution in [0.2, 0.25) is 0 Å². The first-order valence-electron chi connectivity index (χ1n) is 8.48. The molecule has 0 aromatic rings. The Morgan fingerprint density at radius 3 is 2.23 bits per heavy atom. The molecule has 0 aromatic heterocycles. The number of amides is 3. The predicted octanol–water partition coefficient (Wildman–Crippen LogP) is 1.24. The number of fused-ring (bicyclic) bond motifs is 5. The number of likely N-dealkylation sites (tertiary alicyclic amines) is 1. The first kappa shape index (κ1) is 14.0. The highest BCUT2D eigenvalue weighted by molar-refractivity contribution is 6.08. The van der Waals surface area contributed by atoms with E-state index in [0.717, 1.165) is 32.1 Å². The first-order valence-corrected chi connectivity index (χ1v) is 8.48. The molecule has 4 aliphatic rings. The molecule has 2 bridgehead atoms. The summed E-state index contributed by atoms with van der Waals surface area (Å²) in [6.45, 7) is -0.0966. The molecule has 4 atom stereocenters. The van der Waals surface area contributed by atoms with Crippen LogP contribution in [0.25, 0.3) is 0 Å². The smallest absolute Gasteiger partial charge is 0.240 e. The second-order valence-corrected chi connectivity index (χ2v) is 7.16. The van der Waals surface area contributed by atoms with E-state index in [1.54, 1.807) is 0 Å². The molecule has 5 nitrogen and oxygen atoms in total. The fraction of sp³-hybridized carbons (Fsp3) is 0.706. The fourth-order valence-corrected chi connectivity index (χ4v) is 4.78. The van der Waals surface area contributed by atoms with Crippen LogP contribution in [0, 0.1) is 23.7 Å².